The van der Waals surface area contributed by atoms with Crippen molar-refractivity contribution in [1.82, 2.24) is 20.1 Å². The Morgan fingerprint density at radius 2 is 1.83 bits per heavy atom. The van der Waals surface area contributed by atoms with Crippen molar-refractivity contribution in [1.29, 1.82) is 0 Å². The summed E-state index contributed by atoms with van der Waals surface area (Å²) in [6.45, 7) is 3.94. The molecule has 0 unspecified atom stereocenters. The van der Waals surface area contributed by atoms with E-state index in [9.17, 15) is 9.59 Å². The highest BCUT2D eigenvalue weighted by atomic mass is 16.3. The van der Waals surface area contributed by atoms with E-state index in [-0.39, 0.29) is 11.7 Å². The Bertz CT molecular complexity index is 995. The molecule has 1 fully saturated rings. The molecule has 9 heteroatoms. The first-order chi connectivity index (χ1) is 14.1. The third-order valence-electron chi connectivity index (χ3n) is 4.72. The molecule has 3 aromatic rings. The highest BCUT2D eigenvalue weighted by Gasteiger charge is 2.24. The number of carbonyl (C=O) groups excluding carboxylic acids is 2. The van der Waals surface area contributed by atoms with E-state index in [0.717, 1.165) is 5.69 Å². The third kappa shape index (κ3) is 4.23. The Morgan fingerprint density at radius 1 is 1.07 bits per heavy atom. The molecule has 2 aromatic heterocycles. The van der Waals surface area contributed by atoms with Crippen LogP contribution in [-0.4, -0.2) is 58.0 Å². The molecule has 148 valence electrons. The SMILES string of the molecule is CC(=O)c1ccc(Nc2nncc(N3CCN(C(=O)c4ccco4)CC3)n2)cc1. The number of ketones is 1. The van der Waals surface area contributed by atoms with Gasteiger partial charge in [-0.3, -0.25) is 9.59 Å². The van der Waals surface area contributed by atoms with Crippen LogP contribution in [0.5, 0.6) is 0 Å². The van der Waals surface area contributed by atoms with Gasteiger partial charge in [-0.1, -0.05) is 0 Å². The maximum absolute atomic E-state index is 12.4. The van der Waals surface area contributed by atoms with Crippen LogP contribution in [0.3, 0.4) is 0 Å². The van der Waals surface area contributed by atoms with Gasteiger partial charge in [-0.05, 0) is 43.3 Å². The number of benzene rings is 1. The summed E-state index contributed by atoms with van der Waals surface area (Å²) < 4.78 is 5.19. The zero-order valence-electron chi connectivity index (χ0n) is 15.9. The third-order valence-corrected chi connectivity index (χ3v) is 4.72. The maximum Gasteiger partial charge on any atom is 0.289 e. The van der Waals surface area contributed by atoms with Crippen LogP contribution in [0.4, 0.5) is 17.5 Å². The maximum atomic E-state index is 12.4. The summed E-state index contributed by atoms with van der Waals surface area (Å²) in [6.07, 6.45) is 3.10. The van der Waals surface area contributed by atoms with Crippen molar-refractivity contribution in [3.05, 3.63) is 60.2 Å². The van der Waals surface area contributed by atoms with Crippen LogP contribution in [0.15, 0.2) is 53.3 Å². The largest absolute Gasteiger partial charge is 0.459 e. The fourth-order valence-electron chi connectivity index (χ4n) is 3.11. The van der Waals surface area contributed by atoms with E-state index < -0.39 is 0 Å². The number of piperazine rings is 1. The predicted molar refractivity (Wildman–Crippen MR) is 106 cm³/mol. The number of rotatable bonds is 5. The highest BCUT2D eigenvalue weighted by Crippen LogP contribution is 2.18. The smallest absolute Gasteiger partial charge is 0.289 e. The minimum atomic E-state index is -0.105. The number of carbonyl (C=O) groups is 2. The van der Waals surface area contributed by atoms with E-state index in [2.05, 4.69) is 25.4 Å². The molecule has 1 saturated heterocycles. The number of hydrogen-bond acceptors (Lipinski definition) is 8. The Morgan fingerprint density at radius 3 is 2.48 bits per heavy atom. The second kappa shape index (κ2) is 8.09. The topological polar surface area (TPSA) is 104 Å². The van der Waals surface area contributed by atoms with Crippen LogP contribution in [0.1, 0.15) is 27.8 Å². The second-order valence-electron chi connectivity index (χ2n) is 6.65. The van der Waals surface area contributed by atoms with Gasteiger partial charge in [0, 0.05) is 37.4 Å². The molecule has 1 N–H and O–H groups in total. The lowest BCUT2D eigenvalue weighted by Crippen LogP contribution is -2.49. The fraction of sp³-hybridized carbons (Fsp3) is 0.250. The second-order valence-corrected chi connectivity index (χ2v) is 6.65. The first kappa shape index (κ1) is 18.6. The number of Topliss-reactive ketones (excluding diaryl/α,β-unsaturated/α-hetero) is 1. The first-order valence-electron chi connectivity index (χ1n) is 9.25. The number of aromatic nitrogens is 3. The number of hydrogen-bond donors (Lipinski definition) is 1. The van der Waals surface area contributed by atoms with E-state index in [0.29, 0.717) is 49.3 Å². The number of furan rings is 1. The van der Waals surface area contributed by atoms with Crippen molar-refractivity contribution in [2.75, 3.05) is 36.4 Å². The summed E-state index contributed by atoms with van der Waals surface area (Å²) in [4.78, 5) is 32.1. The van der Waals surface area contributed by atoms with Gasteiger partial charge in [0.1, 0.15) is 0 Å². The van der Waals surface area contributed by atoms with Crippen molar-refractivity contribution in [3.63, 3.8) is 0 Å². The zero-order valence-corrected chi connectivity index (χ0v) is 15.9. The summed E-state index contributed by atoms with van der Waals surface area (Å²) in [5.74, 6) is 1.32. The average molecular weight is 392 g/mol. The monoisotopic (exact) mass is 392 g/mol. The van der Waals surface area contributed by atoms with Crippen LogP contribution in [-0.2, 0) is 0 Å². The lowest BCUT2D eigenvalue weighted by Gasteiger charge is -2.34. The molecule has 3 heterocycles. The van der Waals surface area contributed by atoms with Crippen LogP contribution in [0, 0.1) is 0 Å². The Labute approximate surface area is 167 Å². The standard InChI is InChI=1S/C20H20N6O3/c1-14(27)15-4-6-16(7-5-15)22-20-23-18(13-21-24-20)25-8-10-26(11-9-25)19(28)17-3-2-12-29-17/h2-7,12-13H,8-11H2,1H3,(H,22,23,24). The number of amides is 1. The molecule has 29 heavy (non-hydrogen) atoms. The van der Waals surface area contributed by atoms with Crippen molar-refractivity contribution >= 4 is 29.1 Å². The molecule has 4 rings (SSSR count). The highest BCUT2D eigenvalue weighted by molar-refractivity contribution is 5.94. The molecule has 9 nitrogen and oxygen atoms in total. The molecule has 0 radical (unpaired) electrons. The molecule has 0 spiro atoms. The molecule has 1 aliphatic rings. The van der Waals surface area contributed by atoms with Crippen molar-refractivity contribution in [2.45, 2.75) is 6.92 Å². The molecule has 0 aliphatic carbocycles. The van der Waals surface area contributed by atoms with Gasteiger partial charge in [-0.15, -0.1) is 5.10 Å². The quantitative estimate of drug-likeness (QED) is 0.660. The van der Waals surface area contributed by atoms with Gasteiger partial charge in [0.05, 0.1) is 12.5 Å². The van der Waals surface area contributed by atoms with Crippen LogP contribution < -0.4 is 10.2 Å². The Balaban J connectivity index is 1.39. The minimum Gasteiger partial charge on any atom is -0.459 e. The number of anilines is 3. The van der Waals surface area contributed by atoms with Crippen molar-refractivity contribution in [2.24, 2.45) is 0 Å². The van der Waals surface area contributed by atoms with Crippen molar-refractivity contribution in [3.8, 4) is 0 Å². The lowest BCUT2D eigenvalue weighted by molar-refractivity contribution is 0.0714. The van der Waals surface area contributed by atoms with E-state index in [4.69, 9.17) is 4.42 Å². The van der Waals surface area contributed by atoms with E-state index >= 15 is 0 Å². The van der Waals surface area contributed by atoms with Gasteiger partial charge in [-0.2, -0.15) is 10.1 Å². The fourth-order valence-corrected chi connectivity index (χ4v) is 3.11. The van der Waals surface area contributed by atoms with Gasteiger partial charge >= 0.3 is 0 Å². The summed E-state index contributed by atoms with van der Waals surface area (Å²) in [5, 5.41) is 11.1. The summed E-state index contributed by atoms with van der Waals surface area (Å²) in [6, 6.07) is 10.5. The molecular weight excluding hydrogens is 372 g/mol. The summed E-state index contributed by atoms with van der Waals surface area (Å²) >= 11 is 0. The Kier molecular flexibility index (Phi) is 5.19. The average Bonchev–Trinajstić information content (AvgIpc) is 3.29. The molecule has 0 saturated carbocycles. The molecule has 1 amide bonds. The summed E-state index contributed by atoms with van der Waals surface area (Å²) in [5.41, 5.74) is 1.41. The zero-order chi connectivity index (χ0) is 20.2. The van der Waals surface area contributed by atoms with Gasteiger partial charge in [0.2, 0.25) is 5.95 Å². The first-order valence-corrected chi connectivity index (χ1v) is 9.25. The number of nitrogens with zero attached hydrogens (tertiary/aromatic N) is 5. The molecule has 1 aliphatic heterocycles. The normalized spacial score (nSPS) is 14.0. The molecule has 0 atom stereocenters. The summed E-state index contributed by atoms with van der Waals surface area (Å²) in [7, 11) is 0. The van der Waals surface area contributed by atoms with E-state index in [1.807, 2.05) is 0 Å². The van der Waals surface area contributed by atoms with Crippen LogP contribution in [0.25, 0.3) is 0 Å². The van der Waals surface area contributed by atoms with Gasteiger partial charge in [0.25, 0.3) is 5.91 Å². The molecule has 0 bridgehead atoms. The van der Waals surface area contributed by atoms with E-state index in [1.165, 1.54) is 13.2 Å². The van der Waals surface area contributed by atoms with Gasteiger partial charge in [-0.25, -0.2) is 0 Å². The van der Waals surface area contributed by atoms with Crippen LogP contribution >= 0.6 is 0 Å². The predicted octanol–water partition coefficient (Wildman–Crippen LogP) is 2.37. The number of nitrogens with one attached hydrogen (secondary N) is 1. The molecule has 1 aromatic carbocycles. The van der Waals surface area contributed by atoms with Gasteiger partial charge < -0.3 is 19.5 Å². The Hall–Kier alpha value is -3.75. The minimum absolute atomic E-state index is 0.0149. The lowest BCUT2D eigenvalue weighted by atomic mass is 10.1. The van der Waals surface area contributed by atoms with Crippen molar-refractivity contribution < 1.29 is 14.0 Å². The van der Waals surface area contributed by atoms with E-state index in [1.54, 1.807) is 47.5 Å². The molecular formula is C20H20N6O3. The van der Waals surface area contributed by atoms with Gasteiger partial charge in [0.15, 0.2) is 17.4 Å². The van der Waals surface area contributed by atoms with Crippen LogP contribution in [0.2, 0.25) is 0 Å².